The number of nitrogens with one attached hydrogen (secondary N) is 1. The fourth-order valence-electron chi connectivity index (χ4n) is 3.70. The lowest BCUT2D eigenvalue weighted by Gasteiger charge is -2.31. The molecule has 0 bridgehead atoms. The molecule has 1 aliphatic rings. The SMILES string of the molecule is Cc1cn(-c2ccc(Nc3ncc4c(n3)N(c3ccc(Cl)cc3OC(F)(F)F)CCO4)cc2F)cn1. The number of imidazole rings is 1. The van der Waals surface area contributed by atoms with Crippen molar-refractivity contribution < 1.29 is 27.0 Å². The van der Waals surface area contributed by atoms with Gasteiger partial charge in [0, 0.05) is 23.0 Å². The molecule has 1 N–H and O–H groups in total. The minimum absolute atomic E-state index is 0.0767. The van der Waals surface area contributed by atoms with Gasteiger partial charge in [-0.15, -0.1) is 13.2 Å². The van der Waals surface area contributed by atoms with Gasteiger partial charge in [-0.3, -0.25) is 0 Å². The Bertz CT molecular complexity index is 1430. The van der Waals surface area contributed by atoms with Crippen LogP contribution in [0.4, 0.5) is 40.7 Å². The maximum atomic E-state index is 14.7. The van der Waals surface area contributed by atoms with Crippen LogP contribution in [0, 0.1) is 12.7 Å². The summed E-state index contributed by atoms with van der Waals surface area (Å²) in [5, 5.41) is 2.99. The van der Waals surface area contributed by atoms with E-state index in [1.54, 1.807) is 29.8 Å². The van der Waals surface area contributed by atoms with E-state index in [0.29, 0.717) is 11.4 Å². The highest BCUT2D eigenvalue weighted by atomic mass is 35.5. The van der Waals surface area contributed by atoms with Crippen molar-refractivity contribution in [1.82, 2.24) is 19.5 Å². The van der Waals surface area contributed by atoms with Crippen LogP contribution in [-0.4, -0.2) is 39.0 Å². The molecule has 186 valence electrons. The minimum Gasteiger partial charge on any atom is -0.486 e. The number of fused-ring (bicyclic) bond motifs is 1. The first-order chi connectivity index (χ1) is 17.2. The molecule has 0 atom stereocenters. The van der Waals surface area contributed by atoms with Crippen LogP contribution in [0.25, 0.3) is 5.69 Å². The molecule has 4 aromatic rings. The van der Waals surface area contributed by atoms with Gasteiger partial charge in [0.2, 0.25) is 5.95 Å². The average Bonchev–Trinajstić information content (AvgIpc) is 3.24. The second-order valence-electron chi connectivity index (χ2n) is 7.75. The van der Waals surface area contributed by atoms with Crippen molar-refractivity contribution in [1.29, 1.82) is 0 Å². The molecule has 1 aliphatic heterocycles. The van der Waals surface area contributed by atoms with E-state index in [0.717, 1.165) is 11.8 Å². The second kappa shape index (κ2) is 9.19. The number of aromatic nitrogens is 4. The predicted molar refractivity (Wildman–Crippen MR) is 124 cm³/mol. The van der Waals surface area contributed by atoms with Gasteiger partial charge in [0.25, 0.3) is 0 Å². The van der Waals surface area contributed by atoms with Gasteiger partial charge in [0.1, 0.15) is 12.4 Å². The Kier molecular flexibility index (Phi) is 6.04. The van der Waals surface area contributed by atoms with E-state index in [-0.39, 0.29) is 41.4 Å². The number of halogens is 5. The van der Waals surface area contributed by atoms with Crippen LogP contribution in [0.15, 0.2) is 55.1 Å². The molecule has 2 aromatic carbocycles. The summed E-state index contributed by atoms with van der Waals surface area (Å²) in [6, 6.07) is 8.41. The lowest BCUT2D eigenvalue weighted by molar-refractivity contribution is -0.274. The number of hydrogen-bond donors (Lipinski definition) is 1. The summed E-state index contributed by atoms with van der Waals surface area (Å²) in [5.41, 5.74) is 1.52. The molecule has 13 heteroatoms. The molecule has 0 radical (unpaired) electrons. The van der Waals surface area contributed by atoms with Crippen molar-refractivity contribution in [3.8, 4) is 17.2 Å². The molecule has 0 amide bonds. The molecule has 2 aromatic heterocycles. The largest absolute Gasteiger partial charge is 0.573 e. The fraction of sp³-hybridized carbons (Fsp3) is 0.174. The van der Waals surface area contributed by atoms with Gasteiger partial charge in [0.05, 0.1) is 36.1 Å². The smallest absolute Gasteiger partial charge is 0.486 e. The Morgan fingerprint density at radius 3 is 2.64 bits per heavy atom. The van der Waals surface area contributed by atoms with Gasteiger partial charge in [-0.1, -0.05) is 11.6 Å². The monoisotopic (exact) mass is 520 g/mol. The standard InChI is InChI=1S/C23H17ClF4N6O2/c1-13-11-33(12-30-13)17-5-3-15(9-16(17)25)31-22-29-10-20-21(32-22)34(6-7-35-20)18-4-2-14(24)8-19(18)36-23(26,27)28/h2-5,8-12H,6-7H2,1H3,(H,29,31,32). The van der Waals surface area contributed by atoms with E-state index in [9.17, 15) is 17.6 Å². The van der Waals surface area contributed by atoms with Crippen molar-refractivity contribution in [3.05, 3.63) is 71.7 Å². The summed E-state index contributed by atoms with van der Waals surface area (Å²) >= 11 is 5.90. The Labute approximate surface area is 207 Å². The molecule has 36 heavy (non-hydrogen) atoms. The van der Waals surface area contributed by atoms with Crippen LogP contribution in [-0.2, 0) is 0 Å². The van der Waals surface area contributed by atoms with Gasteiger partial charge in [-0.2, -0.15) is 4.98 Å². The number of benzene rings is 2. The molecule has 0 aliphatic carbocycles. The van der Waals surface area contributed by atoms with Gasteiger partial charge in [0.15, 0.2) is 17.3 Å². The van der Waals surface area contributed by atoms with Crippen molar-refractivity contribution in [2.45, 2.75) is 13.3 Å². The molecule has 3 heterocycles. The predicted octanol–water partition coefficient (Wildman–Crippen LogP) is 5.94. The highest BCUT2D eigenvalue weighted by Crippen LogP contribution is 2.42. The number of rotatable bonds is 5. The Balaban J connectivity index is 1.45. The van der Waals surface area contributed by atoms with Crippen LogP contribution in [0.5, 0.6) is 11.5 Å². The van der Waals surface area contributed by atoms with E-state index >= 15 is 0 Å². The third-order valence-electron chi connectivity index (χ3n) is 5.20. The first-order valence-corrected chi connectivity index (χ1v) is 10.9. The first-order valence-electron chi connectivity index (χ1n) is 10.6. The molecular formula is C23H17ClF4N6O2. The van der Waals surface area contributed by atoms with Gasteiger partial charge in [-0.05, 0) is 37.3 Å². The van der Waals surface area contributed by atoms with E-state index < -0.39 is 17.9 Å². The summed E-state index contributed by atoms with van der Waals surface area (Å²) in [6.07, 6.45) is -0.329. The topological polar surface area (TPSA) is 77.3 Å². The highest BCUT2D eigenvalue weighted by Gasteiger charge is 2.34. The average molecular weight is 521 g/mol. The molecular weight excluding hydrogens is 504 g/mol. The van der Waals surface area contributed by atoms with Gasteiger partial charge < -0.3 is 24.3 Å². The summed E-state index contributed by atoms with van der Waals surface area (Å²) in [4.78, 5) is 14.2. The Hall–Kier alpha value is -4.06. The fourth-order valence-corrected chi connectivity index (χ4v) is 3.86. The minimum atomic E-state index is -4.92. The van der Waals surface area contributed by atoms with Gasteiger partial charge in [-0.25, -0.2) is 14.4 Å². The highest BCUT2D eigenvalue weighted by molar-refractivity contribution is 6.30. The maximum Gasteiger partial charge on any atom is 0.573 e. The van der Waals surface area contributed by atoms with Crippen molar-refractivity contribution in [2.24, 2.45) is 0 Å². The molecule has 0 fully saturated rings. The van der Waals surface area contributed by atoms with Crippen molar-refractivity contribution >= 4 is 34.7 Å². The van der Waals surface area contributed by atoms with E-state index in [2.05, 4.69) is 25.0 Å². The van der Waals surface area contributed by atoms with Crippen molar-refractivity contribution in [2.75, 3.05) is 23.4 Å². The molecule has 0 saturated carbocycles. The number of alkyl halides is 3. The molecule has 5 rings (SSSR count). The van der Waals surface area contributed by atoms with Crippen LogP contribution in [0.3, 0.4) is 0 Å². The van der Waals surface area contributed by atoms with E-state index in [4.69, 9.17) is 16.3 Å². The zero-order valence-corrected chi connectivity index (χ0v) is 19.3. The lowest BCUT2D eigenvalue weighted by atomic mass is 10.2. The maximum absolute atomic E-state index is 14.7. The third-order valence-corrected chi connectivity index (χ3v) is 5.43. The first kappa shape index (κ1) is 23.7. The quantitative estimate of drug-likeness (QED) is 0.326. The van der Waals surface area contributed by atoms with Gasteiger partial charge >= 0.3 is 6.36 Å². The zero-order valence-electron chi connectivity index (χ0n) is 18.6. The molecule has 8 nitrogen and oxygen atoms in total. The van der Waals surface area contributed by atoms with Crippen LogP contribution >= 0.6 is 11.6 Å². The number of hydrogen-bond acceptors (Lipinski definition) is 7. The van der Waals surface area contributed by atoms with E-state index in [1.807, 2.05) is 0 Å². The Morgan fingerprint density at radius 1 is 1.11 bits per heavy atom. The molecule has 0 unspecified atom stereocenters. The number of ether oxygens (including phenoxy) is 2. The molecule has 0 spiro atoms. The van der Waals surface area contributed by atoms with Crippen LogP contribution in [0.1, 0.15) is 5.69 Å². The van der Waals surface area contributed by atoms with Crippen molar-refractivity contribution in [3.63, 3.8) is 0 Å². The number of anilines is 4. The van der Waals surface area contributed by atoms with Crippen LogP contribution < -0.4 is 19.7 Å². The number of nitrogens with zero attached hydrogens (tertiary/aromatic N) is 5. The summed E-state index contributed by atoms with van der Waals surface area (Å²) in [6.45, 7) is 2.16. The second-order valence-corrected chi connectivity index (χ2v) is 8.19. The third kappa shape index (κ3) is 4.98. The van der Waals surface area contributed by atoms with E-state index in [1.165, 1.54) is 35.6 Å². The molecule has 0 saturated heterocycles. The normalized spacial score (nSPS) is 13.2. The lowest BCUT2D eigenvalue weighted by Crippen LogP contribution is -2.31. The number of aryl methyl sites for hydroxylation is 1. The van der Waals surface area contributed by atoms with Crippen LogP contribution in [0.2, 0.25) is 5.02 Å². The summed E-state index contributed by atoms with van der Waals surface area (Å²) in [7, 11) is 0. The summed E-state index contributed by atoms with van der Waals surface area (Å²) in [5.74, 6) is -0.434. The zero-order chi connectivity index (χ0) is 25.4. The summed E-state index contributed by atoms with van der Waals surface area (Å²) < 4.78 is 65.1. The Morgan fingerprint density at radius 2 is 1.92 bits per heavy atom.